The number of likely N-dealkylation sites (tertiary alicyclic amines) is 1. The van der Waals surface area contributed by atoms with E-state index < -0.39 is 5.91 Å². The Balaban J connectivity index is 1.69. The van der Waals surface area contributed by atoms with Gasteiger partial charge in [-0.1, -0.05) is 6.07 Å². The van der Waals surface area contributed by atoms with Gasteiger partial charge in [-0.3, -0.25) is 14.6 Å². The van der Waals surface area contributed by atoms with Crippen molar-refractivity contribution in [1.29, 1.82) is 5.26 Å². The first-order chi connectivity index (χ1) is 12.6. The molecule has 0 aliphatic carbocycles. The number of nitriles is 1. The summed E-state index contributed by atoms with van der Waals surface area (Å²) >= 11 is 0. The van der Waals surface area contributed by atoms with Crippen molar-refractivity contribution in [2.24, 2.45) is 5.73 Å². The van der Waals surface area contributed by atoms with E-state index in [-0.39, 0.29) is 17.7 Å². The zero-order valence-corrected chi connectivity index (χ0v) is 14.1. The maximum absolute atomic E-state index is 12.7. The molecule has 7 heteroatoms. The highest BCUT2D eigenvalue weighted by Crippen LogP contribution is 2.20. The first-order valence-corrected chi connectivity index (χ1v) is 8.29. The third kappa shape index (κ3) is 3.98. The van der Waals surface area contributed by atoms with Crippen molar-refractivity contribution < 1.29 is 14.3 Å². The molecule has 1 aliphatic heterocycles. The topological polar surface area (TPSA) is 109 Å². The van der Waals surface area contributed by atoms with Gasteiger partial charge in [0.1, 0.15) is 17.5 Å². The van der Waals surface area contributed by atoms with Crippen LogP contribution in [0.1, 0.15) is 39.3 Å². The summed E-state index contributed by atoms with van der Waals surface area (Å²) < 4.78 is 5.91. The summed E-state index contributed by atoms with van der Waals surface area (Å²) in [6, 6.07) is 11.9. The number of benzene rings is 1. The lowest BCUT2D eigenvalue weighted by Crippen LogP contribution is -2.44. The largest absolute Gasteiger partial charge is 0.488 e. The summed E-state index contributed by atoms with van der Waals surface area (Å²) in [6.07, 6.45) is 2.89. The molecule has 1 unspecified atom stereocenters. The highest BCUT2D eigenvalue weighted by molar-refractivity contribution is 5.94. The van der Waals surface area contributed by atoms with E-state index in [9.17, 15) is 9.59 Å². The lowest BCUT2D eigenvalue weighted by atomic mass is 10.1. The molecule has 1 aliphatic rings. The summed E-state index contributed by atoms with van der Waals surface area (Å²) in [5.41, 5.74) is 6.32. The van der Waals surface area contributed by atoms with E-state index in [1.54, 1.807) is 35.2 Å². The number of pyridine rings is 1. The zero-order valence-electron chi connectivity index (χ0n) is 14.1. The van der Waals surface area contributed by atoms with Gasteiger partial charge in [0.25, 0.3) is 11.8 Å². The van der Waals surface area contributed by atoms with Crippen molar-refractivity contribution in [1.82, 2.24) is 9.88 Å². The third-order valence-electron chi connectivity index (χ3n) is 4.19. The molecule has 1 saturated heterocycles. The maximum Gasteiger partial charge on any atom is 0.267 e. The number of carbonyl (C=O) groups excluding carboxylic acids is 2. The van der Waals surface area contributed by atoms with Crippen molar-refractivity contribution in [3.05, 3.63) is 59.4 Å². The van der Waals surface area contributed by atoms with Crippen molar-refractivity contribution in [3.63, 3.8) is 0 Å². The molecule has 0 bridgehead atoms. The standard InChI is InChI=1S/C19H18N4O3/c20-11-13-3-1-4-14(9-13)19(25)23-8-2-5-16(12-23)26-15-6-7-22-17(10-15)18(21)24/h1,3-4,6-7,9-10,16H,2,5,8,12H2,(H2,21,24). The van der Waals surface area contributed by atoms with Crippen LogP contribution in [-0.2, 0) is 0 Å². The highest BCUT2D eigenvalue weighted by atomic mass is 16.5. The Labute approximate surface area is 151 Å². The molecule has 0 spiro atoms. The second-order valence-electron chi connectivity index (χ2n) is 6.07. The summed E-state index contributed by atoms with van der Waals surface area (Å²) in [5.74, 6) is -0.240. The zero-order chi connectivity index (χ0) is 18.5. The maximum atomic E-state index is 12.7. The van der Waals surface area contributed by atoms with Crippen LogP contribution in [-0.4, -0.2) is 40.9 Å². The van der Waals surface area contributed by atoms with Crippen molar-refractivity contribution in [3.8, 4) is 11.8 Å². The van der Waals surface area contributed by atoms with Gasteiger partial charge in [0.2, 0.25) is 0 Å². The van der Waals surface area contributed by atoms with Crippen LogP contribution in [0, 0.1) is 11.3 Å². The molecule has 3 rings (SSSR count). The average molecular weight is 350 g/mol. The van der Waals surface area contributed by atoms with Crippen LogP contribution in [0.25, 0.3) is 0 Å². The molecule has 2 aromatic rings. The number of hydrogen-bond acceptors (Lipinski definition) is 5. The Morgan fingerprint density at radius 1 is 1.31 bits per heavy atom. The summed E-state index contributed by atoms with van der Waals surface area (Å²) in [4.78, 5) is 29.5. The molecule has 0 radical (unpaired) electrons. The molecule has 1 aromatic heterocycles. The molecule has 2 amide bonds. The number of primary amides is 1. The number of ether oxygens (including phenoxy) is 1. The lowest BCUT2D eigenvalue weighted by Gasteiger charge is -2.33. The van der Waals surface area contributed by atoms with Crippen LogP contribution in [0.15, 0.2) is 42.6 Å². The van der Waals surface area contributed by atoms with Gasteiger partial charge in [0.05, 0.1) is 18.2 Å². The molecule has 0 saturated carbocycles. The molecular weight excluding hydrogens is 332 g/mol. The number of aromatic nitrogens is 1. The molecule has 1 fully saturated rings. The number of hydrogen-bond donors (Lipinski definition) is 1. The molecule has 2 heterocycles. The molecule has 7 nitrogen and oxygen atoms in total. The van der Waals surface area contributed by atoms with Crippen LogP contribution >= 0.6 is 0 Å². The predicted molar refractivity (Wildman–Crippen MR) is 93.5 cm³/mol. The van der Waals surface area contributed by atoms with E-state index in [0.29, 0.717) is 30.0 Å². The first-order valence-electron chi connectivity index (χ1n) is 8.29. The minimum Gasteiger partial charge on any atom is -0.488 e. The van der Waals surface area contributed by atoms with E-state index in [2.05, 4.69) is 4.98 Å². The number of carbonyl (C=O) groups is 2. The number of rotatable bonds is 4. The van der Waals surface area contributed by atoms with Crippen LogP contribution in [0.2, 0.25) is 0 Å². The highest BCUT2D eigenvalue weighted by Gasteiger charge is 2.26. The van der Waals surface area contributed by atoms with E-state index in [0.717, 1.165) is 12.8 Å². The van der Waals surface area contributed by atoms with Crippen LogP contribution < -0.4 is 10.5 Å². The minimum atomic E-state index is -0.617. The van der Waals surface area contributed by atoms with Crippen molar-refractivity contribution in [2.45, 2.75) is 18.9 Å². The summed E-state index contributed by atoms with van der Waals surface area (Å²) in [5, 5.41) is 8.99. The quantitative estimate of drug-likeness (QED) is 0.903. The Bertz CT molecular complexity index is 875. The van der Waals surface area contributed by atoms with Crippen molar-refractivity contribution >= 4 is 11.8 Å². The Morgan fingerprint density at radius 2 is 2.15 bits per heavy atom. The fourth-order valence-corrected chi connectivity index (χ4v) is 2.93. The Morgan fingerprint density at radius 3 is 2.92 bits per heavy atom. The van der Waals surface area contributed by atoms with Gasteiger partial charge in [-0.15, -0.1) is 0 Å². The lowest BCUT2D eigenvalue weighted by molar-refractivity contribution is 0.0537. The van der Waals surface area contributed by atoms with E-state index >= 15 is 0 Å². The molecule has 26 heavy (non-hydrogen) atoms. The van der Waals surface area contributed by atoms with Crippen molar-refractivity contribution in [2.75, 3.05) is 13.1 Å². The Kier molecular flexibility index (Phi) is 5.13. The Hall–Kier alpha value is -3.40. The summed E-state index contributed by atoms with van der Waals surface area (Å²) in [6.45, 7) is 1.07. The van der Waals surface area contributed by atoms with Gasteiger partial charge in [0.15, 0.2) is 0 Å². The summed E-state index contributed by atoms with van der Waals surface area (Å²) in [7, 11) is 0. The SMILES string of the molecule is N#Cc1cccc(C(=O)N2CCCC(Oc3ccnc(C(N)=O)c3)C2)c1. The second-order valence-corrected chi connectivity index (χ2v) is 6.07. The van der Waals surface area contributed by atoms with Crippen LogP contribution in [0.3, 0.4) is 0 Å². The molecule has 1 aromatic carbocycles. The average Bonchev–Trinajstić information content (AvgIpc) is 2.68. The van der Waals surface area contributed by atoms with Gasteiger partial charge in [0, 0.05) is 24.4 Å². The molecule has 1 atom stereocenters. The van der Waals surface area contributed by atoms with Crippen LogP contribution in [0.5, 0.6) is 5.75 Å². The molecular formula is C19H18N4O3. The number of piperidine rings is 1. The number of nitrogens with two attached hydrogens (primary N) is 1. The number of nitrogens with zero attached hydrogens (tertiary/aromatic N) is 3. The fourth-order valence-electron chi connectivity index (χ4n) is 2.93. The van der Waals surface area contributed by atoms with Crippen LogP contribution in [0.4, 0.5) is 0 Å². The number of amides is 2. The normalized spacial score (nSPS) is 16.6. The van der Waals surface area contributed by atoms with Gasteiger partial charge >= 0.3 is 0 Å². The molecule has 2 N–H and O–H groups in total. The third-order valence-corrected chi connectivity index (χ3v) is 4.19. The monoisotopic (exact) mass is 350 g/mol. The molecule has 132 valence electrons. The van der Waals surface area contributed by atoms with Gasteiger partial charge in [-0.2, -0.15) is 5.26 Å². The predicted octanol–water partition coefficient (Wildman–Crippen LogP) is 1.74. The van der Waals surface area contributed by atoms with E-state index in [1.165, 1.54) is 12.3 Å². The smallest absolute Gasteiger partial charge is 0.267 e. The minimum absolute atomic E-state index is 0.122. The van der Waals surface area contributed by atoms with Gasteiger partial charge < -0.3 is 15.4 Å². The van der Waals surface area contributed by atoms with E-state index in [1.807, 2.05) is 6.07 Å². The van der Waals surface area contributed by atoms with E-state index in [4.69, 9.17) is 15.7 Å². The second kappa shape index (κ2) is 7.66. The first kappa shape index (κ1) is 17.4. The van der Waals surface area contributed by atoms with Gasteiger partial charge in [-0.05, 0) is 37.1 Å². The van der Waals surface area contributed by atoms with Gasteiger partial charge in [-0.25, -0.2) is 0 Å². The fraction of sp³-hybridized carbons (Fsp3) is 0.263.